The summed E-state index contributed by atoms with van der Waals surface area (Å²) in [6.45, 7) is -0.226. The van der Waals surface area contributed by atoms with Gasteiger partial charge in [-0.3, -0.25) is 9.59 Å². The number of carbonyl (C=O) groups is 2. The van der Waals surface area contributed by atoms with Crippen molar-refractivity contribution in [2.24, 2.45) is 11.8 Å². The monoisotopic (exact) mass is 773 g/mol. The molecule has 4 aromatic carbocycles. The van der Waals surface area contributed by atoms with Crippen LogP contribution in [0.3, 0.4) is 0 Å². The number of aliphatic hydroxyl groups excluding tert-OH is 1. The van der Waals surface area contributed by atoms with Gasteiger partial charge in [-0.15, -0.1) is 0 Å². The largest absolute Gasteiger partial charge is 0.497 e. The van der Waals surface area contributed by atoms with E-state index < -0.39 is 41.6 Å². The van der Waals surface area contributed by atoms with Crippen molar-refractivity contribution < 1.29 is 66.5 Å². The van der Waals surface area contributed by atoms with Crippen LogP contribution in [0.25, 0.3) is 11.6 Å². The lowest BCUT2D eigenvalue weighted by molar-refractivity contribution is -0.141. The Labute approximate surface area is 321 Å². The van der Waals surface area contributed by atoms with E-state index in [1.54, 1.807) is 36.4 Å². The number of carbonyl (C=O) groups excluding carboxylic acids is 2. The number of hydrogen-bond acceptors (Lipinski definition) is 13. The standard InChI is InChI=1S/C41H40FNO13/c1-47-22-9-8-19(26(42)15-22)10-23(20-11-27(48-2)37(52-6)28(12-20)49-3)40(45)43-35-33-24(16-31-39(35)56-18-55-31)36(44)25-17-54-41(46)34(25)32(33)21-13-29(50-4)38(53-7)30(14-21)51-5/h8-16,25,32,34,36,44H,17-18H2,1-7H3,(H,43,45)/b23-10+/t25-,32+,34-,36-/m0/s1. The molecule has 56 heavy (non-hydrogen) atoms. The molecule has 1 saturated heterocycles. The van der Waals surface area contributed by atoms with Gasteiger partial charge in [-0.1, -0.05) is 0 Å². The molecule has 0 unspecified atom stereocenters. The lowest BCUT2D eigenvalue weighted by atomic mass is 9.65. The molecule has 3 aliphatic rings. The van der Waals surface area contributed by atoms with E-state index >= 15 is 4.39 Å². The molecule has 14 nitrogen and oxygen atoms in total. The molecular formula is C41H40FNO13. The van der Waals surface area contributed by atoms with E-state index in [1.165, 1.54) is 68.0 Å². The van der Waals surface area contributed by atoms with Crippen molar-refractivity contribution in [3.05, 3.63) is 82.2 Å². The molecule has 0 radical (unpaired) electrons. The summed E-state index contributed by atoms with van der Waals surface area (Å²) in [7, 11) is 10.1. The number of aliphatic hydroxyl groups is 1. The number of benzene rings is 4. The first kappa shape index (κ1) is 37.9. The van der Waals surface area contributed by atoms with Crippen LogP contribution in [0.15, 0.2) is 48.5 Å². The second-order valence-corrected chi connectivity index (χ2v) is 13.0. The van der Waals surface area contributed by atoms with Gasteiger partial charge in [0.25, 0.3) is 5.91 Å². The number of cyclic esters (lactones) is 1. The van der Waals surface area contributed by atoms with Crippen LogP contribution in [-0.4, -0.2) is 80.2 Å². The summed E-state index contributed by atoms with van der Waals surface area (Å²) >= 11 is 0. The third kappa shape index (κ3) is 6.36. The number of esters is 1. The average molecular weight is 774 g/mol. The number of ether oxygens (including phenoxy) is 10. The van der Waals surface area contributed by atoms with Crippen LogP contribution in [0.4, 0.5) is 10.1 Å². The van der Waals surface area contributed by atoms with Crippen LogP contribution in [0, 0.1) is 17.7 Å². The normalized spacial score (nSPS) is 19.3. The van der Waals surface area contributed by atoms with Crippen LogP contribution in [0.2, 0.25) is 0 Å². The van der Waals surface area contributed by atoms with Crippen LogP contribution in [0.5, 0.6) is 51.7 Å². The Kier molecular flexibility index (Phi) is 10.4. The first-order chi connectivity index (χ1) is 27.1. The Bertz CT molecular complexity index is 2190. The van der Waals surface area contributed by atoms with E-state index in [1.807, 2.05) is 0 Å². The quantitative estimate of drug-likeness (QED) is 0.102. The van der Waals surface area contributed by atoms with Crippen LogP contribution in [0.1, 0.15) is 39.8 Å². The highest BCUT2D eigenvalue weighted by molar-refractivity contribution is 6.30. The maximum atomic E-state index is 15.6. The molecular weight excluding hydrogens is 733 g/mol. The minimum Gasteiger partial charge on any atom is -0.497 e. The topological polar surface area (TPSA) is 159 Å². The molecule has 294 valence electrons. The van der Waals surface area contributed by atoms with E-state index in [2.05, 4.69) is 5.32 Å². The number of nitrogens with one attached hydrogen (secondary N) is 1. The van der Waals surface area contributed by atoms with Gasteiger partial charge >= 0.3 is 5.97 Å². The van der Waals surface area contributed by atoms with Crippen LogP contribution < -0.4 is 47.9 Å². The van der Waals surface area contributed by atoms with E-state index in [-0.39, 0.29) is 70.3 Å². The van der Waals surface area contributed by atoms with Crippen molar-refractivity contribution in [3.8, 4) is 51.7 Å². The fraction of sp³-hybridized carbons (Fsp3) is 0.317. The molecule has 0 saturated carbocycles. The predicted octanol–water partition coefficient (Wildman–Crippen LogP) is 5.76. The van der Waals surface area contributed by atoms with Crippen molar-refractivity contribution in [3.63, 3.8) is 0 Å². The van der Waals surface area contributed by atoms with Gasteiger partial charge in [-0.25, -0.2) is 4.39 Å². The molecule has 0 aromatic heterocycles. The van der Waals surface area contributed by atoms with Crippen molar-refractivity contribution >= 4 is 29.2 Å². The van der Waals surface area contributed by atoms with E-state index in [4.69, 9.17) is 47.4 Å². The van der Waals surface area contributed by atoms with Gasteiger partial charge in [0.05, 0.1) is 74.1 Å². The van der Waals surface area contributed by atoms with Gasteiger partial charge in [-0.05, 0) is 70.8 Å². The van der Waals surface area contributed by atoms with E-state index in [0.29, 0.717) is 33.9 Å². The van der Waals surface area contributed by atoms with Crippen molar-refractivity contribution in [2.75, 3.05) is 68.5 Å². The highest BCUT2D eigenvalue weighted by atomic mass is 19.1. The molecule has 2 N–H and O–H groups in total. The first-order valence-electron chi connectivity index (χ1n) is 17.4. The number of halogens is 1. The minimum absolute atomic E-state index is 0.0302. The minimum atomic E-state index is -1.21. The van der Waals surface area contributed by atoms with Crippen molar-refractivity contribution in [2.45, 2.75) is 12.0 Å². The number of hydrogen-bond donors (Lipinski definition) is 2. The zero-order chi connectivity index (χ0) is 39.8. The molecule has 1 fully saturated rings. The molecule has 7 rings (SSSR count). The summed E-state index contributed by atoms with van der Waals surface area (Å²) in [5, 5.41) is 14.9. The smallest absolute Gasteiger partial charge is 0.310 e. The van der Waals surface area contributed by atoms with Gasteiger partial charge < -0.3 is 57.8 Å². The molecule has 4 atom stereocenters. The van der Waals surface area contributed by atoms with Crippen LogP contribution in [-0.2, 0) is 14.3 Å². The molecule has 1 amide bonds. The number of amides is 1. The van der Waals surface area contributed by atoms with Gasteiger partial charge in [0.1, 0.15) is 11.6 Å². The lowest BCUT2D eigenvalue weighted by Gasteiger charge is -2.38. The maximum Gasteiger partial charge on any atom is 0.310 e. The van der Waals surface area contributed by atoms with Gasteiger partial charge in [0.2, 0.25) is 18.3 Å². The SMILES string of the molecule is COc1ccc(/C=C(/C(=O)Nc2c3c(cc4c2[C@@H](c2cc(OC)c(OC)c(OC)c2)[C@H]2C(=O)OC[C@@H]2[C@H]4O)OCO3)c2cc(OC)c(OC)c(OC)c2)c(F)c1. The molecule has 15 heteroatoms. The Morgan fingerprint density at radius 2 is 1.43 bits per heavy atom. The Morgan fingerprint density at radius 1 is 0.804 bits per heavy atom. The fourth-order valence-electron chi connectivity index (χ4n) is 7.67. The van der Waals surface area contributed by atoms with Gasteiger partial charge in [0, 0.05) is 29.0 Å². The van der Waals surface area contributed by atoms with Crippen molar-refractivity contribution in [1.29, 1.82) is 0 Å². The summed E-state index contributed by atoms with van der Waals surface area (Å²) in [6, 6.07) is 12.4. The second kappa shape index (κ2) is 15.4. The zero-order valence-electron chi connectivity index (χ0n) is 31.6. The third-order valence-electron chi connectivity index (χ3n) is 10.3. The lowest BCUT2D eigenvalue weighted by Crippen LogP contribution is -2.35. The van der Waals surface area contributed by atoms with E-state index in [9.17, 15) is 14.7 Å². The average Bonchev–Trinajstić information content (AvgIpc) is 3.86. The predicted molar refractivity (Wildman–Crippen MR) is 199 cm³/mol. The summed E-state index contributed by atoms with van der Waals surface area (Å²) in [6.07, 6.45) is 0.164. The highest BCUT2D eigenvalue weighted by Crippen LogP contribution is 2.59. The van der Waals surface area contributed by atoms with Gasteiger partial charge in [0.15, 0.2) is 34.5 Å². The zero-order valence-corrected chi connectivity index (χ0v) is 31.6. The fourth-order valence-corrected chi connectivity index (χ4v) is 7.67. The molecule has 2 aliphatic heterocycles. The summed E-state index contributed by atoms with van der Waals surface area (Å²) in [5.74, 6) is -1.94. The second-order valence-electron chi connectivity index (χ2n) is 13.0. The number of fused-ring (bicyclic) bond motifs is 3. The van der Waals surface area contributed by atoms with E-state index in [0.717, 1.165) is 0 Å². The summed E-state index contributed by atoms with van der Waals surface area (Å²) in [5.41, 5.74) is 1.70. The maximum absolute atomic E-state index is 15.6. The summed E-state index contributed by atoms with van der Waals surface area (Å²) < 4.78 is 71.8. The van der Waals surface area contributed by atoms with Crippen LogP contribution >= 0.6 is 0 Å². The highest BCUT2D eigenvalue weighted by Gasteiger charge is 2.53. The van der Waals surface area contributed by atoms with Gasteiger partial charge in [-0.2, -0.15) is 0 Å². The Morgan fingerprint density at radius 3 is 2.00 bits per heavy atom. The summed E-state index contributed by atoms with van der Waals surface area (Å²) in [4.78, 5) is 28.6. The number of rotatable bonds is 12. The number of anilines is 1. The Hall–Kier alpha value is -6.35. The first-order valence-corrected chi connectivity index (χ1v) is 17.4. The third-order valence-corrected chi connectivity index (χ3v) is 10.3. The molecule has 0 bridgehead atoms. The molecule has 0 spiro atoms. The van der Waals surface area contributed by atoms with Crippen molar-refractivity contribution in [1.82, 2.24) is 0 Å². The Balaban J connectivity index is 1.46. The number of methoxy groups -OCH3 is 7. The molecule has 2 heterocycles. The molecule has 1 aliphatic carbocycles. The molecule has 4 aromatic rings.